The van der Waals surface area contributed by atoms with Gasteiger partial charge < -0.3 is 4.74 Å². The number of aryl methyl sites for hydroxylation is 2. The van der Waals surface area contributed by atoms with Crippen LogP contribution in [0, 0.1) is 6.92 Å². The van der Waals surface area contributed by atoms with Crippen LogP contribution in [0.25, 0.3) is 5.69 Å². The highest BCUT2D eigenvalue weighted by Crippen LogP contribution is 2.34. The predicted molar refractivity (Wildman–Crippen MR) is 79.3 cm³/mol. The normalized spacial score (nSPS) is 11.6. The fourth-order valence-corrected chi connectivity index (χ4v) is 2.26. The highest BCUT2D eigenvalue weighted by molar-refractivity contribution is 5.93. The summed E-state index contributed by atoms with van der Waals surface area (Å²) < 4.78 is 47.6. The fourth-order valence-electron chi connectivity index (χ4n) is 2.26. The van der Waals surface area contributed by atoms with Crippen LogP contribution in [-0.2, 0) is 13.2 Å². The van der Waals surface area contributed by atoms with Crippen LogP contribution in [0.15, 0.2) is 36.9 Å². The minimum absolute atomic E-state index is 0.0518. The van der Waals surface area contributed by atoms with Crippen molar-refractivity contribution in [2.24, 2.45) is 7.05 Å². The number of halogens is 3. The number of hydrogen-bond acceptors (Lipinski definition) is 5. The molecule has 0 aliphatic carbocycles. The average Bonchev–Trinajstić information content (AvgIpc) is 3.16. The Morgan fingerprint density at radius 3 is 2.56 bits per heavy atom. The molecule has 0 unspecified atom stereocenters. The summed E-state index contributed by atoms with van der Waals surface area (Å²) in [5.74, 6) is -1.07. The Balaban J connectivity index is 2.00. The Kier molecular flexibility index (Phi) is 4.03. The molecule has 0 aliphatic heterocycles. The van der Waals surface area contributed by atoms with Crippen molar-refractivity contribution < 1.29 is 22.7 Å². The molecule has 25 heavy (non-hydrogen) atoms. The predicted octanol–water partition coefficient (Wildman–Crippen LogP) is 2.55. The number of aromatic nitrogens is 5. The highest BCUT2D eigenvalue weighted by Gasteiger charge is 2.36. The number of carbonyl (C=O) groups excluding carboxylic acids is 1. The molecule has 130 valence electrons. The molecule has 2 aromatic heterocycles. The Morgan fingerprint density at radius 1 is 1.24 bits per heavy atom. The van der Waals surface area contributed by atoms with Crippen LogP contribution in [0.3, 0.4) is 0 Å². The van der Waals surface area contributed by atoms with E-state index < -0.39 is 23.3 Å². The molecule has 0 atom stereocenters. The third kappa shape index (κ3) is 3.37. The van der Waals surface area contributed by atoms with Crippen LogP contribution < -0.4 is 4.74 Å². The summed E-state index contributed by atoms with van der Waals surface area (Å²) in [7, 11) is 1.52. The van der Waals surface area contributed by atoms with E-state index in [4.69, 9.17) is 4.74 Å². The van der Waals surface area contributed by atoms with Crippen LogP contribution >= 0.6 is 0 Å². The van der Waals surface area contributed by atoms with E-state index in [2.05, 4.69) is 15.2 Å². The van der Waals surface area contributed by atoms with E-state index in [1.165, 1.54) is 36.5 Å². The van der Waals surface area contributed by atoms with Gasteiger partial charge in [0.1, 0.15) is 12.7 Å². The molecule has 1 aromatic carbocycles. The van der Waals surface area contributed by atoms with E-state index in [1.54, 1.807) is 6.92 Å². The Hall–Kier alpha value is -3.17. The van der Waals surface area contributed by atoms with Gasteiger partial charge >= 0.3 is 12.1 Å². The molecule has 0 N–H and O–H groups in total. The molecule has 3 aromatic rings. The molecule has 0 amide bonds. The van der Waals surface area contributed by atoms with Crippen molar-refractivity contribution >= 4 is 5.97 Å². The van der Waals surface area contributed by atoms with Gasteiger partial charge in [-0.15, -0.1) is 0 Å². The van der Waals surface area contributed by atoms with Crippen molar-refractivity contribution in [3.8, 4) is 11.6 Å². The van der Waals surface area contributed by atoms with Crippen molar-refractivity contribution in [1.82, 2.24) is 24.5 Å². The third-order valence-corrected chi connectivity index (χ3v) is 3.37. The Bertz CT molecular complexity index is 916. The standard InChI is InChI=1S/C15H12F3N5O2/c1-9-5-13(22(2)21-9)25-14(24)11-4-3-10(23-8-19-7-20-23)6-12(11)15(16,17)18/h3-8H,1-2H3. The van der Waals surface area contributed by atoms with Crippen LogP contribution in [0.2, 0.25) is 0 Å². The molecular formula is C15H12F3N5O2. The summed E-state index contributed by atoms with van der Waals surface area (Å²) in [5.41, 5.74) is -1.03. The number of hydrogen-bond donors (Lipinski definition) is 0. The molecule has 0 fully saturated rings. The number of rotatable bonds is 3. The summed E-state index contributed by atoms with van der Waals surface area (Å²) in [6.07, 6.45) is -2.29. The maximum absolute atomic E-state index is 13.4. The third-order valence-electron chi connectivity index (χ3n) is 3.37. The molecule has 0 bridgehead atoms. The second-order valence-corrected chi connectivity index (χ2v) is 5.20. The summed E-state index contributed by atoms with van der Waals surface area (Å²) in [5, 5.41) is 7.75. The van der Waals surface area contributed by atoms with Crippen molar-refractivity contribution in [3.63, 3.8) is 0 Å². The second kappa shape index (κ2) is 6.04. The SMILES string of the molecule is Cc1cc(OC(=O)c2ccc(-n3cncn3)cc2C(F)(F)F)n(C)n1. The zero-order chi connectivity index (χ0) is 18.2. The van der Waals surface area contributed by atoms with Crippen molar-refractivity contribution in [2.45, 2.75) is 13.1 Å². The second-order valence-electron chi connectivity index (χ2n) is 5.20. The molecule has 2 heterocycles. The molecule has 3 rings (SSSR count). The van der Waals surface area contributed by atoms with Gasteiger partial charge in [-0.2, -0.15) is 23.4 Å². The lowest BCUT2D eigenvalue weighted by atomic mass is 10.1. The zero-order valence-electron chi connectivity index (χ0n) is 13.2. The molecule has 10 heteroatoms. The van der Waals surface area contributed by atoms with Crippen molar-refractivity contribution in [3.05, 3.63) is 53.7 Å². The van der Waals surface area contributed by atoms with Gasteiger partial charge in [-0.1, -0.05) is 0 Å². The molecule has 0 saturated carbocycles. The van der Waals surface area contributed by atoms with Crippen LogP contribution in [0.4, 0.5) is 13.2 Å². The summed E-state index contributed by atoms with van der Waals surface area (Å²) >= 11 is 0. The maximum Gasteiger partial charge on any atom is 0.417 e. The van der Waals surface area contributed by atoms with Crippen LogP contribution in [-0.4, -0.2) is 30.5 Å². The van der Waals surface area contributed by atoms with E-state index in [-0.39, 0.29) is 11.6 Å². The van der Waals surface area contributed by atoms with Crippen LogP contribution in [0.5, 0.6) is 5.88 Å². The number of ether oxygens (including phenoxy) is 1. The quantitative estimate of drug-likeness (QED) is 0.678. The first-order chi connectivity index (χ1) is 11.8. The van der Waals surface area contributed by atoms with Gasteiger partial charge in [-0.05, 0) is 25.1 Å². The first kappa shape index (κ1) is 16.7. The number of alkyl halides is 3. The molecular weight excluding hydrogens is 339 g/mol. The number of carbonyl (C=O) groups is 1. The number of esters is 1. The largest absolute Gasteiger partial charge is 0.417 e. The van der Waals surface area contributed by atoms with Gasteiger partial charge in [0.2, 0.25) is 5.88 Å². The lowest BCUT2D eigenvalue weighted by molar-refractivity contribution is -0.138. The van der Waals surface area contributed by atoms with Gasteiger partial charge in [0.25, 0.3) is 0 Å². The minimum Gasteiger partial charge on any atom is -0.404 e. The maximum atomic E-state index is 13.4. The summed E-state index contributed by atoms with van der Waals surface area (Å²) in [6, 6.07) is 4.65. The van der Waals surface area contributed by atoms with Gasteiger partial charge in [0, 0.05) is 13.1 Å². The van der Waals surface area contributed by atoms with Gasteiger partial charge in [-0.25, -0.2) is 19.1 Å². The molecule has 0 aliphatic rings. The first-order valence-corrected chi connectivity index (χ1v) is 7.05. The topological polar surface area (TPSA) is 74.8 Å². The van der Waals surface area contributed by atoms with Gasteiger partial charge in [-0.3, -0.25) is 0 Å². The van der Waals surface area contributed by atoms with E-state index in [0.717, 1.165) is 16.8 Å². The fraction of sp³-hybridized carbons (Fsp3) is 0.200. The van der Waals surface area contributed by atoms with Crippen molar-refractivity contribution in [2.75, 3.05) is 0 Å². The van der Waals surface area contributed by atoms with Crippen LogP contribution in [0.1, 0.15) is 21.6 Å². The van der Waals surface area contributed by atoms with Crippen molar-refractivity contribution in [1.29, 1.82) is 0 Å². The van der Waals surface area contributed by atoms with E-state index >= 15 is 0 Å². The van der Waals surface area contributed by atoms with E-state index in [0.29, 0.717) is 5.69 Å². The summed E-state index contributed by atoms with van der Waals surface area (Å²) in [6.45, 7) is 1.67. The minimum atomic E-state index is -4.74. The smallest absolute Gasteiger partial charge is 0.404 e. The van der Waals surface area contributed by atoms with Gasteiger partial charge in [0.05, 0.1) is 22.5 Å². The molecule has 0 radical (unpaired) electrons. The number of benzene rings is 1. The number of nitrogens with zero attached hydrogens (tertiary/aromatic N) is 5. The Labute approximate surface area is 139 Å². The molecule has 0 spiro atoms. The lowest BCUT2D eigenvalue weighted by Gasteiger charge is -2.14. The molecule has 0 saturated heterocycles. The summed E-state index contributed by atoms with van der Waals surface area (Å²) in [4.78, 5) is 15.9. The van der Waals surface area contributed by atoms with E-state index in [9.17, 15) is 18.0 Å². The zero-order valence-corrected chi connectivity index (χ0v) is 13.2. The van der Waals surface area contributed by atoms with Gasteiger partial charge in [0.15, 0.2) is 0 Å². The monoisotopic (exact) mass is 351 g/mol. The lowest BCUT2D eigenvalue weighted by Crippen LogP contribution is -2.18. The highest BCUT2D eigenvalue weighted by atomic mass is 19.4. The van der Waals surface area contributed by atoms with E-state index in [1.807, 2.05) is 0 Å². The first-order valence-electron chi connectivity index (χ1n) is 7.05. The molecule has 7 nitrogen and oxygen atoms in total. The average molecular weight is 351 g/mol. The Morgan fingerprint density at radius 2 is 2.00 bits per heavy atom.